The van der Waals surface area contributed by atoms with E-state index in [1.54, 1.807) is 22.9 Å². The van der Waals surface area contributed by atoms with Gasteiger partial charge in [0.2, 0.25) is 0 Å². The molecule has 0 aliphatic rings. The van der Waals surface area contributed by atoms with Gasteiger partial charge in [0.1, 0.15) is 5.69 Å². The first-order valence-corrected chi connectivity index (χ1v) is 9.16. The molecule has 0 bridgehead atoms. The number of hydrogen-bond acceptors (Lipinski definition) is 4. The molecule has 0 saturated carbocycles. The van der Waals surface area contributed by atoms with Crippen LogP contribution >= 0.6 is 12.2 Å². The lowest BCUT2D eigenvalue weighted by molar-refractivity contribution is -0.0512. The third kappa shape index (κ3) is 5.00. The molecular weight excluding hydrogens is 400 g/mol. The van der Waals surface area contributed by atoms with Crippen LogP contribution in [0.1, 0.15) is 16.1 Å². The Hall–Kier alpha value is -3.20. The molecule has 1 heterocycles. The summed E-state index contributed by atoms with van der Waals surface area (Å²) in [5, 5.41) is 2.84. The molecule has 3 aromatic rings. The van der Waals surface area contributed by atoms with E-state index in [-0.39, 0.29) is 17.4 Å². The molecule has 0 radical (unpaired) electrons. The van der Waals surface area contributed by atoms with E-state index in [1.165, 1.54) is 13.2 Å². The number of methoxy groups -OCH3 is 1. The molecule has 0 atom stereocenters. The predicted octanol–water partition coefficient (Wildman–Crippen LogP) is 4.12. The third-order valence-electron chi connectivity index (χ3n) is 4.17. The first-order valence-electron chi connectivity index (χ1n) is 8.75. The number of aromatic nitrogens is 2. The second kappa shape index (κ2) is 9.33. The highest BCUT2D eigenvalue weighted by molar-refractivity contribution is 7.71. The standard InChI is InChI=1S/C20H19F2N3O3S/c1-27-17-11-13(7-8-16(17)28-19(21)22)9-10-23-18(26)15-12-24-20(29)25(15)14-5-3-2-4-6-14/h2-8,11-12,19H,9-10H2,1H3,(H,23,26)(H,24,29). The van der Waals surface area contributed by atoms with Crippen molar-refractivity contribution in [3.05, 3.63) is 70.8 Å². The first-order chi connectivity index (χ1) is 14.0. The van der Waals surface area contributed by atoms with Gasteiger partial charge in [0.25, 0.3) is 5.91 Å². The molecule has 0 unspecified atom stereocenters. The number of H-pyrrole nitrogens is 1. The Morgan fingerprint density at radius 3 is 2.66 bits per heavy atom. The number of aromatic amines is 1. The van der Waals surface area contributed by atoms with Crippen LogP contribution in [0.2, 0.25) is 0 Å². The number of alkyl halides is 2. The zero-order valence-electron chi connectivity index (χ0n) is 15.5. The van der Waals surface area contributed by atoms with Crippen LogP contribution in [-0.2, 0) is 6.42 Å². The minimum atomic E-state index is -2.93. The largest absolute Gasteiger partial charge is 0.493 e. The van der Waals surface area contributed by atoms with Gasteiger partial charge in [-0.05, 0) is 48.5 Å². The zero-order valence-corrected chi connectivity index (χ0v) is 16.3. The van der Waals surface area contributed by atoms with Crippen LogP contribution in [0.4, 0.5) is 8.78 Å². The Kier molecular flexibility index (Phi) is 6.61. The van der Waals surface area contributed by atoms with Crippen LogP contribution in [0.3, 0.4) is 0 Å². The maximum absolute atomic E-state index is 12.6. The fraction of sp³-hybridized carbons (Fsp3) is 0.200. The van der Waals surface area contributed by atoms with Gasteiger partial charge >= 0.3 is 6.61 Å². The lowest BCUT2D eigenvalue weighted by Gasteiger charge is -2.12. The average Bonchev–Trinajstić information content (AvgIpc) is 3.10. The van der Waals surface area contributed by atoms with Gasteiger partial charge in [-0.25, -0.2) is 0 Å². The van der Waals surface area contributed by atoms with Crippen molar-refractivity contribution < 1.29 is 23.0 Å². The molecule has 9 heteroatoms. The van der Waals surface area contributed by atoms with Crippen LogP contribution in [-0.4, -0.2) is 35.7 Å². The summed E-state index contributed by atoms with van der Waals surface area (Å²) in [4.78, 5) is 15.5. The molecule has 6 nitrogen and oxygen atoms in total. The number of rotatable bonds is 8. The fourth-order valence-electron chi connectivity index (χ4n) is 2.84. The van der Waals surface area contributed by atoms with Gasteiger partial charge in [-0.3, -0.25) is 9.36 Å². The summed E-state index contributed by atoms with van der Waals surface area (Å²) in [6.45, 7) is -2.59. The Balaban J connectivity index is 1.66. The topological polar surface area (TPSA) is 68.3 Å². The van der Waals surface area contributed by atoms with Crippen molar-refractivity contribution in [2.45, 2.75) is 13.0 Å². The number of benzene rings is 2. The van der Waals surface area contributed by atoms with E-state index in [0.717, 1.165) is 11.3 Å². The van der Waals surface area contributed by atoms with E-state index in [2.05, 4.69) is 15.0 Å². The maximum atomic E-state index is 12.6. The second-order valence-corrected chi connectivity index (χ2v) is 6.41. The molecule has 2 N–H and O–H groups in total. The molecule has 0 spiro atoms. The predicted molar refractivity (Wildman–Crippen MR) is 107 cm³/mol. The molecule has 1 aromatic heterocycles. The van der Waals surface area contributed by atoms with E-state index in [9.17, 15) is 13.6 Å². The first kappa shape index (κ1) is 20.5. The highest BCUT2D eigenvalue weighted by Crippen LogP contribution is 2.29. The summed E-state index contributed by atoms with van der Waals surface area (Å²) in [6.07, 6.45) is 2.04. The van der Waals surface area contributed by atoms with Crippen LogP contribution in [0, 0.1) is 4.77 Å². The van der Waals surface area contributed by atoms with Crippen molar-refractivity contribution in [3.8, 4) is 17.2 Å². The maximum Gasteiger partial charge on any atom is 0.387 e. The molecule has 152 valence electrons. The van der Waals surface area contributed by atoms with Crippen molar-refractivity contribution in [3.63, 3.8) is 0 Å². The van der Waals surface area contributed by atoms with E-state index >= 15 is 0 Å². The third-order valence-corrected chi connectivity index (χ3v) is 4.47. The Bertz CT molecular complexity index is 1030. The molecule has 3 rings (SSSR count). The van der Waals surface area contributed by atoms with Gasteiger partial charge in [0.05, 0.1) is 7.11 Å². The van der Waals surface area contributed by atoms with Gasteiger partial charge in [0, 0.05) is 18.4 Å². The van der Waals surface area contributed by atoms with Crippen LogP contribution < -0.4 is 14.8 Å². The fourth-order valence-corrected chi connectivity index (χ4v) is 3.10. The number of amides is 1. The average molecular weight is 419 g/mol. The molecule has 2 aromatic carbocycles. The summed E-state index contributed by atoms with van der Waals surface area (Å²) >= 11 is 5.28. The van der Waals surface area contributed by atoms with Crippen molar-refractivity contribution in [2.75, 3.05) is 13.7 Å². The van der Waals surface area contributed by atoms with Crippen molar-refractivity contribution in [1.29, 1.82) is 0 Å². The van der Waals surface area contributed by atoms with Crippen molar-refractivity contribution in [1.82, 2.24) is 14.9 Å². The normalized spacial score (nSPS) is 10.8. The summed E-state index contributed by atoms with van der Waals surface area (Å²) in [5.74, 6) is -0.118. The van der Waals surface area contributed by atoms with Gasteiger partial charge in [-0.2, -0.15) is 8.78 Å². The Morgan fingerprint density at radius 1 is 1.21 bits per heavy atom. The summed E-state index contributed by atoms with van der Waals surface area (Å²) in [6, 6.07) is 14.0. The van der Waals surface area contributed by atoms with E-state index in [1.807, 2.05) is 30.3 Å². The van der Waals surface area contributed by atoms with Crippen LogP contribution in [0.5, 0.6) is 11.5 Å². The number of ether oxygens (including phenoxy) is 2. The highest BCUT2D eigenvalue weighted by Gasteiger charge is 2.15. The second-order valence-electron chi connectivity index (χ2n) is 6.02. The number of nitrogens with zero attached hydrogens (tertiary/aromatic N) is 1. The van der Waals surface area contributed by atoms with Gasteiger partial charge in [0.15, 0.2) is 16.3 Å². The molecule has 0 saturated heterocycles. The number of para-hydroxylation sites is 1. The molecule has 29 heavy (non-hydrogen) atoms. The molecule has 1 amide bonds. The van der Waals surface area contributed by atoms with Gasteiger partial charge in [-0.15, -0.1) is 0 Å². The smallest absolute Gasteiger partial charge is 0.387 e. The monoisotopic (exact) mass is 419 g/mol. The number of imidazole rings is 1. The highest BCUT2D eigenvalue weighted by atomic mass is 32.1. The lowest BCUT2D eigenvalue weighted by atomic mass is 10.1. The molecule has 0 aliphatic carbocycles. The number of hydrogen-bond donors (Lipinski definition) is 2. The summed E-state index contributed by atoms with van der Waals surface area (Å²) in [7, 11) is 1.37. The number of halogens is 2. The SMILES string of the molecule is COc1cc(CCNC(=O)c2c[nH]c(=S)n2-c2ccccc2)ccc1OC(F)F. The molecule has 0 aliphatic heterocycles. The van der Waals surface area contributed by atoms with E-state index in [4.69, 9.17) is 17.0 Å². The van der Waals surface area contributed by atoms with Crippen molar-refractivity contribution >= 4 is 18.1 Å². The number of nitrogens with one attached hydrogen (secondary N) is 2. The van der Waals surface area contributed by atoms with Crippen LogP contribution in [0.15, 0.2) is 54.7 Å². The molecular formula is C20H19F2N3O3S. The quantitative estimate of drug-likeness (QED) is 0.539. The summed E-state index contributed by atoms with van der Waals surface area (Å²) in [5.41, 5.74) is 1.97. The van der Waals surface area contributed by atoms with Crippen molar-refractivity contribution in [2.24, 2.45) is 0 Å². The number of carbonyl (C=O) groups excluding carboxylic acids is 1. The van der Waals surface area contributed by atoms with Gasteiger partial charge in [-0.1, -0.05) is 24.3 Å². The van der Waals surface area contributed by atoms with E-state index < -0.39 is 6.61 Å². The Morgan fingerprint density at radius 2 is 1.97 bits per heavy atom. The minimum absolute atomic E-state index is 0.0375. The molecule has 0 fully saturated rings. The minimum Gasteiger partial charge on any atom is -0.493 e. The zero-order chi connectivity index (χ0) is 20.8. The van der Waals surface area contributed by atoms with Gasteiger partial charge < -0.3 is 19.8 Å². The lowest BCUT2D eigenvalue weighted by Crippen LogP contribution is -2.27. The summed E-state index contributed by atoms with van der Waals surface area (Å²) < 4.78 is 36.4. The number of carbonyl (C=O) groups is 1. The van der Waals surface area contributed by atoms with Crippen LogP contribution in [0.25, 0.3) is 5.69 Å². The van der Waals surface area contributed by atoms with E-state index in [0.29, 0.717) is 23.4 Å². The Labute approximate surface area is 171 Å².